The number of rotatable bonds is 13. The molecule has 0 saturated heterocycles. The van der Waals surface area contributed by atoms with E-state index in [2.05, 4.69) is 79.1 Å². The van der Waals surface area contributed by atoms with Crippen LogP contribution >= 0.6 is 12.4 Å². The molecule has 3 aromatic rings. The topological polar surface area (TPSA) is 30.5 Å². The van der Waals surface area contributed by atoms with E-state index in [0.717, 1.165) is 54.0 Å². The first-order chi connectivity index (χ1) is 16.2. The first-order valence-electron chi connectivity index (χ1n) is 11.7. The number of hydrogen-bond donors (Lipinski definition) is 1. The summed E-state index contributed by atoms with van der Waals surface area (Å²) in [4.78, 5) is 0. The maximum atomic E-state index is 6.58. The summed E-state index contributed by atoms with van der Waals surface area (Å²) < 4.78 is 12.5. The summed E-state index contributed by atoms with van der Waals surface area (Å²) in [6.45, 7) is 11.4. The van der Waals surface area contributed by atoms with Crippen LogP contribution in [0.1, 0.15) is 36.1 Å². The highest BCUT2D eigenvalue weighted by molar-refractivity contribution is 5.85. The largest absolute Gasteiger partial charge is 0.493 e. The van der Waals surface area contributed by atoms with E-state index in [1.54, 1.807) is 0 Å². The second-order valence-corrected chi connectivity index (χ2v) is 7.98. The van der Waals surface area contributed by atoms with Crippen molar-refractivity contribution >= 4 is 12.4 Å². The van der Waals surface area contributed by atoms with Crippen LogP contribution < -0.4 is 14.8 Å². The summed E-state index contributed by atoms with van der Waals surface area (Å²) in [6.07, 6.45) is 6.26. The lowest BCUT2D eigenvalue weighted by atomic mass is 9.97. The minimum atomic E-state index is -0.0250. The van der Waals surface area contributed by atoms with Gasteiger partial charge in [-0.1, -0.05) is 54.6 Å². The van der Waals surface area contributed by atoms with Crippen molar-refractivity contribution in [3.63, 3.8) is 0 Å². The molecule has 0 aliphatic carbocycles. The molecule has 0 spiro atoms. The van der Waals surface area contributed by atoms with Gasteiger partial charge in [0, 0.05) is 12.0 Å². The van der Waals surface area contributed by atoms with Crippen LogP contribution in [0.15, 0.2) is 92.0 Å². The Morgan fingerprint density at radius 3 is 2.32 bits per heavy atom. The molecule has 0 aliphatic rings. The molecule has 1 unspecified atom stereocenters. The van der Waals surface area contributed by atoms with Gasteiger partial charge in [-0.3, -0.25) is 0 Å². The summed E-state index contributed by atoms with van der Waals surface area (Å²) in [5.41, 5.74) is 5.70. The second-order valence-electron chi connectivity index (χ2n) is 7.98. The number of allylic oxidation sites excluding steroid dienone is 2. The fraction of sp³-hybridized carbons (Fsp3) is 0.267. The van der Waals surface area contributed by atoms with Crippen LogP contribution in [-0.2, 0) is 12.8 Å². The molecule has 34 heavy (non-hydrogen) atoms. The first kappa shape index (κ1) is 27.2. The number of hydrogen-bond acceptors (Lipinski definition) is 3. The number of benzene rings is 3. The molecule has 0 amide bonds. The van der Waals surface area contributed by atoms with Crippen LogP contribution in [0, 0.1) is 0 Å². The quantitative estimate of drug-likeness (QED) is 0.261. The van der Waals surface area contributed by atoms with Crippen molar-refractivity contribution in [2.45, 2.75) is 32.3 Å². The van der Waals surface area contributed by atoms with E-state index in [-0.39, 0.29) is 18.5 Å². The van der Waals surface area contributed by atoms with E-state index >= 15 is 0 Å². The Labute approximate surface area is 210 Å². The van der Waals surface area contributed by atoms with Crippen molar-refractivity contribution in [1.82, 2.24) is 5.32 Å². The smallest absolute Gasteiger partial charge is 0.127 e. The third-order valence-corrected chi connectivity index (χ3v) is 5.56. The Hall–Kier alpha value is -3.01. The summed E-state index contributed by atoms with van der Waals surface area (Å²) in [5.74, 6) is 1.78. The molecule has 0 radical (unpaired) electrons. The summed E-state index contributed by atoms with van der Waals surface area (Å²) in [7, 11) is 1.97. The van der Waals surface area contributed by atoms with Crippen molar-refractivity contribution in [3.8, 4) is 22.6 Å². The molecular weight excluding hydrogens is 442 g/mol. The molecule has 4 heteroatoms. The molecule has 0 saturated carbocycles. The van der Waals surface area contributed by atoms with Gasteiger partial charge in [-0.2, -0.15) is 0 Å². The fourth-order valence-corrected chi connectivity index (χ4v) is 3.94. The Morgan fingerprint density at radius 2 is 1.65 bits per heavy atom. The highest BCUT2D eigenvalue weighted by atomic mass is 35.5. The van der Waals surface area contributed by atoms with E-state index in [0.29, 0.717) is 6.61 Å². The van der Waals surface area contributed by atoms with Crippen LogP contribution in [0.4, 0.5) is 0 Å². The summed E-state index contributed by atoms with van der Waals surface area (Å²) >= 11 is 0. The molecule has 180 valence electrons. The van der Waals surface area contributed by atoms with Gasteiger partial charge in [0.15, 0.2) is 0 Å². The number of ether oxygens (including phenoxy) is 2. The average molecular weight is 478 g/mol. The molecule has 0 fully saturated rings. The van der Waals surface area contributed by atoms with E-state index in [9.17, 15) is 0 Å². The maximum absolute atomic E-state index is 6.58. The number of nitrogens with one attached hydrogen (secondary N) is 1. The van der Waals surface area contributed by atoms with Gasteiger partial charge in [-0.25, -0.2) is 0 Å². The molecule has 0 aromatic heterocycles. The van der Waals surface area contributed by atoms with Crippen LogP contribution in [0.25, 0.3) is 11.1 Å². The van der Waals surface area contributed by atoms with Crippen molar-refractivity contribution in [1.29, 1.82) is 0 Å². The van der Waals surface area contributed by atoms with Crippen molar-refractivity contribution < 1.29 is 9.47 Å². The lowest BCUT2D eigenvalue weighted by Gasteiger charge is -2.22. The van der Waals surface area contributed by atoms with Crippen LogP contribution in [-0.4, -0.2) is 20.2 Å². The van der Waals surface area contributed by atoms with Gasteiger partial charge < -0.3 is 14.8 Å². The normalized spacial score (nSPS) is 11.2. The Balaban J connectivity index is 0.00000408. The molecule has 3 rings (SSSR count). The third-order valence-electron chi connectivity index (χ3n) is 5.56. The highest BCUT2D eigenvalue weighted by Crippen LogP contribution is 2.36. The van der Waals surface area contributed by atoms with Crippen LogP contribution in [0.2, 0.25) is 0 Å². The molecule has 3 nitrogen and oxygen atoms in total. The van der Waals surface area contributed by atoms with E-state index in [1.165, 1.54) is 11.1 Å². The van der Waals surface area contributed by atoms with Crippen molar-refractivity contribution in [2.75, 3.05) is 20.2 Å². The van der Waals surface area contributed by atoms with Crippen molar-refractivity contribution in [2.24, 2.45) is 0 Å². The first-order valence-corrected chi connectivity index (χ1v) is 11.7. The predicted octanol–water partition coefficient (Wildman–Crippen LogP) is 7.36. The molecule has 1 atom stereocenters. The zero-order valence-corrected chi connectivity index (χ0v) is 21.1. The van der Waals surface area contributed by atoms with Gasteiger partial charge in [0.05, 0.1) is 6.61 Å². The molecule has 0 bridgehead atoms. The van der Waals surface area contributed by atoms with Gasteiger partial charge in [-0.15, -0.1) is 25.6 Å². The highest BCUT2D eigenvalue weighted by Gasteiger charge is 2.16. The average Bonchev–Trinajstić information content (AvgIpc) is 2.84. The van der Waals surface area contributed by atoms with E-state index in [1.807, 2.05) is 32.2 Å². The van der Waals surface area contributed by atoms with Crippen molar-refractivity contribution in [3.05, 3.63) is 109 Å². The minimum Gasteiger partial charge on any atom is -0.493 e. The Kier molecular flexibility index (Phi) is 11.5. The van der Waals surface area contributed by atoms with Gasteiger partial charge in [0.25, 0.3) is 0 Å². The Bertz CT molecular complexity index is 1050. The fourth-order valence-electron chi connectivity index (χ4n) is 3.94. The summed E-state index contributed by atoms with van der Waals surface area (Å²) in [6, 6.07) is 23.2. The van der Waals surface area contributed by atoms with E-state index in [4.69, 9.17) is 9.47 Å². The SMILES string of the molecule is C=CCc1ccc(OCC)c(-c2ccc(OC(CCNC)c3ccccc3)c(CC=C)c2)c1.Cl. The summed E-state index contributed by atoms with van der Waals surface area (Å²) in [5, 5.41) is 3.24. The van der Waals surface area contributed by atoms with Gasteiger partial charge in [-0.05, 0) is 79.9 Å². The van der Waals surface area contributed by atoms with Gasteiger partial charge in [0.1, 0.15) is 17.6 Å². The standard InChI is InChI=1S/C30H35NO2.ClH/c1-5-11-23-15-17-30(32-7-3)27(21-23)25-16-18-28(26(22-25)12-6-2)33-29(19-20-31-4)24-13-9-8-10-14-24;/h5-6,8-10,13-18,21-22,29,31H,1-2,7,11-12,19-20H2,3-4H3;1H. The lowest BCUT2D eigenvalue weighted by Crippen LogP contribution is -2.16. The number of halogens is 1. The second kappa shape index (κ2) is 14.3. The van der Waals surface area contributed by atoms with Gasteiger partial charge in [0.2, 0.25) is 0 Å². The van der Waals surface area contributed by atoms with E-state index < -0.39 is 0 Å². The zero-order valence-electron chi connectivity index (χ0n) is 20.3. The van der Waals surface area contributed by atoms with Crippen LogP contribution in [0.5, 0.6) is 11.5 Å². The molecule has 0 aliphatic heterocycles. The Morgan fingerprint density at radius 1 is 0.912 bits per heavy atom. The molecule has 3 aromatic carbocycles. The third kappa shape index (κ3) is 7.24. The van der Waals surface area contributed by atoms with Crippen LogP contribution in [0.3, 0.4) is 0 Å². The lowest BCUT2D eigenvalue weighted by molar-refractivity contribution is 0.193. The minimum absolute atomic E-state index is 0. The monoisotopic (exact) mass is 477 g/mol. The predicted molar refractivity (Wildman–Crippen MR) is 146 cm³/mol. The molecule has 1 N–H and O–H groups in total. The maximum Gasteiger partial charge on any atom is 0.127 e. The van der Waals surface area contributed by atoms with Gasteiger partial charge >= 0.3 is 0 Å². The molecule has 0 heterocycles. The molecular formula is C30H36ClNO2. The zero-order chi connectivity index (χ0) is 23.5.